The Morgan fingerprint density at radius 3 is 2.50 bits per heavy atom. The SMILES string of the molecule is C=COC(=O)COC1CCC(C(=O)C2CCCCC2)C(O)C1. The van der Waals surface area contributed by atoms with Crippen LogP contribution in [0.3, 0.4) is 0 Å². The summed E-state index contributed by atoms with van der Waals surface area (Å²) in [6.07, 6.45) is 7.35. The van der Waals surface area contributed by atoms with Crippen LogP contribution in [-0.2, 0) is 19.1 Å². The van der Waals surface area contributed by atoms with Gasteiger partial charge in [0.05, 0.1) is 18.5 Å². The van der Waals surface area contributed by atoms with Crippen LogP contribution in [0.4, 0.5) is 0 Å². The Morgan fingerprint density at radius 1 is 1.14 bits per heavy atom. The minimum atomic E-state index is -0.663. The van der Waals surface area contributed by atoms with Gasteiger partial charge in [-0.05, 0) is 25.7 Å². The second-order valence-electron chi connectivity index (χ2n) is 6.31. The molecular weight excluding hydrogens is 284 g/mol. The number of carbonyl (C=O) groups excluding carboxylic acids is 2. The highest BCUT2D eigenvalue weighted by molar-refractivity contribution is 5.84. The molecule has 0 amide bonds. The number of aliphatic hydroxyl groups excluding tert-OH is 1. The van der Waals surface area contributed by atoms with Crippen molar-refractivity contribution >= 4 is 11.8 Å². The summed E-state index contributed by atoms with van der Waals surface area (Å²) in [7, 11) is 0. The monoisotopic (exact) mass is 310 g/mol. The lowest BCUT2D eigenvalue weighted by Gasteiger charge is -2.34. The van der Waals surface area contributed by atoms with Crippen molar-refractivity contribution in [2.75, 3.05) is 6.61 Å². The summed E-state index contributed by atoms with van der Waals surface area (Å²) in [5.74, 6) is -0.391. The fraction of sp³-hybridized carbons (Fsp3) is 0.765. The van der Waals surface area contributed by atoms with E-state index in [2.05, 4.69) is 11.3 Å². The molecule has 2 saturated carbocycles. The summed E-state index contributed by atoms with van der Waals surface area (Å²) in [6, 6.07) is 0. The maximum Gasteiger partial charge on any atom is 0.336 e. The molecule has 0 bridgehead atoms. The van der Waals surface area contributed by atoms with Crippen LogP contribution in [0.15, 0.2) is 12.8 Å². The van der Waals surface area contributed by atoms with Crippen molar-refractivity contribution in [3.05, 3.63) is 12.8 Å². The van der Waals surface area contributed by atoms with Crippen molar-refractivity contribution in [2.24, 2.45) is 11.8 Å². The van der Waals surface area contributed by atoms with E-state index in [1.165, 1.54) is 6.42 Å². The first kappa shape index (κ1) is 17.2. The number of aliphatic hydroxyl groups is 1. The van der Waals surface area contributed by atoms with Gasteiger partial charge in [-0.15, -0.1) is 0 Å². The summed E-state index contributed by atoms with van der Waals surface area (Å²) < 4.78 is 10.0. The second-order valence-corrected chi connectivity index (χ2v) is 6.31. The van der Waals surface area contributed by atoms with E-state index in [-0.39, 0.29) is 30.3 Å². The summed E-state index contributed by atoms with van der Waals surface area (Å²) >= 11 is 0. The van der Waals surface area contributed by atoms with Crippen molar-refractivity contribution in [3.63, 3.8) is 0 Å². The van der Waals surface area contributed by atoms with Gasteiger partial charge < -0.3 is 14.6 Å². The molecule has 1 N–H and O–H groups in total. The van der Waals surface area contributed by atoms with E-state index in [4.69, 9.17) is 4.74 Å². The van der Waals surface area contributed by atoms with Crippen LogP contribution in [0, 0.1) is 11.8 Å². The molecule has 0 aromatic heterocycles. The molecule has 3 atom stereocenters. The van der Waals surface area contributed by atoms with E-state index >= 15 is 0 Å². The van der Waals surface area contributed by atoms with Gasteiger partial charge in [-0.25, -0.2) is 4.79 Å². The smallest absolute Gasteiger partial charge is 0.336 e. The molecule has 0 spiro atoms. The first-order valence-corrected chi connectivity index (χ1v) is 8.25. The lowest BCUT2D eigenvalue weighted by Crippen LogP contribution is -2.41. The van der Waals surface area contributed by atoms with Crippen molar-refractivity contribution in [3.8, 4) is 0 Å². The molecule has 0 saturated heterocycles. The first-order valence-electron chi connectivity index (χ1n) is 8.25. The molecule has 0 aromatic rings. The topological polar surface area (TPSA) is 72.8 Å². The van der Waals surface area contributed by atoms with Crippen LogP contribution >= 0.6 is 0 Å². The van der Waals surface area contributed by atoms with E-state index in [1.807, 2.05) is 0 Å². The minimum absolute atomic E-state index is 0.133. The third-order valence-electron chi connectivity index (χ3n) is 4.79. The largest absolute Gasteiger partial charge is 0.433 e. The van der Waals surface area contributed by atoms with Gasteiger partial charge in [-0.3, -0.25) is 4.79 Å². The predicted octanol–water partition coefficient (Wildman–Crippen LogP) is 2.37. The Bertz CT molecular complexity index is 400. The minimum Gasteiger partial charge on any atom is -0.433 e. The zero-order valence-corrected chi connectivity index (χ0v) is 13.0. The third kappa shape index (κ3) is 4.65. The lowest BCUT2D eigenvalue weighted by atomic mass is 9.74. The van der Waals surface area contributed by atoms with Crippen molar-refractivity contribution in [2.45, 2.75) is 63.6 Å². The van der Waals surface area contributed by atoms with Gasteiger partial charge in [0.1, 0.15) is 12.4 Å². The Hall–Kier alpha value is -1.20. The number of rotatable bonds is 6. The zero-order valence-electron chi connectivity index (χ0n) is 13.0. The van der Waals surface area contributed by atoms with Crippen LogP contribution in [0.2, 0.25) is 0 Å². The molecule has 5 nitrogen and oxygen atoms in total. The van der Waals surface area contributed by atoms with Gasteiger partial charge in [0.25, 0.3) is 0 Å². The highest BCUT2D eigenvalue weighted by Crippen LogP contribution is 2.33. The third-order valence-corrected chi connectivity index (χ3v) is 4.79. The molecule has 22 heavy (non-hydrogen) atoms. The van der Waals surface area contributed by atoms with Crippen molar-refractivity contribution < 1.29 is 24.2 Å². The fourth-order valence-electron chi connectivity index (χ4n) is 3.60. The molecule has 5 heteroatoms. The maximum atomic E-state index is 12.5. The number of carbonyl (C=O) groups is 2. The van der Waals surface area contributed by atoms with Gasteiger partial charge in [0.15, 0.2) is 0 Å². The first-order chi connectivity index (χ1) is 10.6. The Kier molecular flexibility index (Phi) is 6.58. The van der Waals surface area contributed by atoms with Gasteiger partial charge in [0.2, 0.25) is 0 Å². The highest BCUT2D eigenvalue weighted by Gasteiger charge is 2.37. The summed E-state index contributed by atoms with van der Waals surface area (Å²) in [5, 5.41) is 10.3. The average molecular weight is 310 g/mol. The summed E-state index contributed by atoms with van der Waals surface area (Å²) in [5.41, 5.74) is 0. The van der Waals surface area contributed by atoms with Gasteiger partial charge in [-0.1, -0.05) is 25.8 Å². The standard InChI is InChI=1S/C17H26O5/c1-2-21-16(19)11-22-13-8-9-14(15(18)10-13)17(20)12-6-4-3-5-7-12/h2,12-15,18H,1,3-11H2. The molecule has 2 aliphatic carbocycles. The molecule has 124 valence electrons. The van der Waals surface area contributed by atoms with Crippen LogP contribution < -0.4 is 0 Å². The lowest BCUT2D eigenvalue weighted by molar-refractivity contribution is -0.149. The summed E-state index contributed by atoms with van der Waals surface area (Å²) in [6.45, 7) is 3.16. The number of esters is 1. The Morgan fingerprint density at radius 2 is 1.86 bits per heavy atom. The van der Waals surface area contributed by atoms with Crippen LogP contribution in [0.5, 0.6) is 0 Å². The van der Waals surface area contributed by atoms with Crippen LogP contribution in [0.25, 0.3) is 0 Å². The molecule has 2 aliphatic rings. The number of hydrogen-bond donors (Lipinski definition) is 1. The number of ketones is 1. The molecule has 3 unspecified atom stereocenters. The van der Waals surface area contributed by atoms with Crippen LogP contribution in [-0.4, -0.2) is 35.7 Å². The van der Waals surface area contributed by atoms with E-state index in [9.17, 15) is 14.7 Å². The van der Waals surface area contributed by atoms with E-state index in [1.54, 1.807) is 0 Å². The second kappa shape index (κ2) is 8.44. The number of Topliss-reactive ketones (excluding diaryl/α,β-unsaturated/α-hetero) is 1. The normalized spacial score (nSPS) is 29.8. The van der Waals surface area contributed by atoms with Gasteiger partial charge in [0, 0.05) is 18.3 Å². The number of ether oxygens (including phenoxy) is 2. The molecule has 0 aromatic carbocycles. The summed E-state index contributed by atoms with van der Waals surface area (Å²) in [4.78, 5) is 23.7. The molecule has 0 radical (unpaired) electrons. The molecule has 0 aliphatic heterocycles. The highest BCUT2D eigenvalue weighted by atomic mass is 16.6. The zero-order chi connectivity index (χ0) is 15.9. The van der Waals surface area contributed by atoms with E-state index < -0.39 is 12.1 Å². The molecule has 2 fully saturated rings. The maximum absolute atomic E-state index is 12.5. The van der Waals surface area contributed by atoms with Gasteiger partial charge in [-0.2, -0.15) is 0 Å². The van der Waals surface area contributed by atoms with Crippen LogP contribution in [0.1, 0.15) is 51.4 Å². The van der Waals surface area contributed by atoms with E-state index in [0.29, 0.717) is 19.3 Å². The van der Waals surface area contributed by atoms with Crippen molar-refractivity contribution in [1.29, 1.82) is 0 Å². The molecule has 2 rings (SSSR count). The molecular formula is C17H26O5. The number of hydrogen-bond acceptors (Lipinski definition) is 5. The Labute approximate surface area is 131 Å². The quantitative estimate of drug-likeness (QED) is 0.602. The predicted molar refractivity (Wildman–Crippen MR) is 81.0 cm³/mol. The Balaban J connectivity index is 1.78. The average Bonchev–Trinajstić information content (AvgIpc) is 2.53. The van der Waals surface area contributed by atoms with Crippen molar-refractivity contribution in [1.82, 2.24) is 0 Å². The fourth-order valence-corrected chi connectivity index (χ4v) is 3.60. The van der Waals surface area contributed by atoms with Gasteiger partial charge >= 0.3 is 5.97 Å². The molecule has 0 heterocycles. The van der Waals surface area contributed by atoms with E-state index in [0.717, 1.165) is 31.9 Å².